The van der Waals surface area contributed by atoms with Gasteiger partial charge in [0.1, 0.15) is 0 Å². The third-order valence-corrected chi connectivity index (χ3v) is 2.54. The Bertz CT molecular complexity index is 638. The van der Waals surface area contributed by atoms with Gasteiger partial charge in [0.2, 0.25) is 0 Å². The Balaban J connectivity index is 2.27. The zero-order valence-electron chi connectivity index (χ0n) is 9.92. The van der Waals surface area contributed by atoms with Crippen LogP contribution in [0.3, 0.4) is 0 Å². The van der Waals surface area contributed by atoms with Gasteiger partial charge in [-0.15, -0.1) is 0 Å². The number of hydrogen-bond acceptors (Lipinski definition) is 4. The molecule has 0 saturated heterocycles. The number of carbonyl (C=O) groups is 2. The molecule has 3 N–H and O–H groups in total. The molecule has 5 nitrogen and oxygen atoms in total. The van der Waals surface area contributed by atoms with Gasteiger partial charge < -0.3 is 21.0 Å². The number of benzene rings is 2. The highest BCUT2D eigenvalue weighted by molar-refractivity contribution is 6.07. The van der Waals surface area contributed by atoms with Gasteiger partial charge in [0.05, 0.1) is 11.7 Å². The number of nitrogens with one attached hydrogen (secondary N) is 1. The fourth-order valence-electron chi connectivity index (χ4n) is 1.64. The predicted molar refractivity (Wildman–Crippen MR) is 69.6 cm³/mol. The minimum absolute atomic E-state index is 0.0697. The average Bonchev–Trinajstić information content (AvgIpc) is 2.39. The molecule has 2 aromatic carbocycles. The molecule has 19 heavy (non-hydrogen) atoms. The lowest BCUT2D eigenvalue weighted by molar-refractivity contribution is -0.254. The van der Waals surface area contributed by atoms with Crippen molar-refractivity contribution in [2.45, 2.75) is 0 Å². The number of rotatable bonds is 3. The van der Waals surface area contributed by atoms with E-state index in [-0.39, 0.29) is 11.3 Å². The van der Waals surface area contributed by atoms with E-state index in [2.05, 4.69) is 5.32 Å². The monoisotopic (exact) mass is 255 g/mol. The van der Waals surface area contributed by atoms with Crippen LogP contribution in [0.25, 0.3) is 0 Å². The summed E-state index contributed by atoms with van der Waals surface area (Å²) in [5.74, 6) is -1.77. The molecule has 0 fully saturated rings. The summed E-state index contributed by atoms with van der Waals surface area (Å²) in [6, 6.07) is 12.5. The fourth-order valence-corrected chi connectivity index (χ4v) is 1.64. The fraction of sp³-hybridized carbons (Fsp3) is 0. The number of hydrogen-bond donors (Lipinski definition) is 2. The first-order chi connectivity index (χ1) is 9.08. The molecule has 0 bridgehead atoms. The summed E-state index contributed by atoms with van der Waals surface area (Å²) in [7, 11) is 0. The van der Waals surface area contributed by atoms with Crippen LogP contribution < -0.4 is 16.2 Å². The molecule has 0 aliphatic carbocycles. The van der Waals surface area contributed by atoms with Crippen LogP contribution in [0.5, 0.6) is 0 Å². The molecule has 5 heteroatoms. The van der Waals surface area contributed by atoms with Crippen molar-refractivity contribution in [3.05, 3.63) is 59.7 Å². The molecule has 0 radical (unpaired) electrons. The lowest BCUT2D eigenvalue weighted by Crippen LogP contribution is -2.24. The normalized spacial score (nSPS) is 9.89. The van der Waals surface area contributed by atoms with Gasteiger partial charge in [0.25, 0.3) is 5.91 Å². The van der Waals surface area contributed by atoms with Crippen molar-refractivity contribution in [1.29, 1.82) is 0 Å². The van der Waals surface area contributed by atoms with Gasteiger partial charge in [-0.3, -0.25) is 4.79 Å². The van der Waals surface area contributed by atoms with Crippen LogP contribution in [0, 0.1) is 0 Å². The molecule has 0 aromatic heterocycles. The van der Waals surface area contributed by atoms with Crippen LogP contribution in [0.15, 0.2) is 48.5 Å². The third-order valence-electron chi connectivity index (χ3n) is 2.54. The van der Waals surface area contributed by atoms with E-state index in [1.165, 1.54) is 18.2 Å². The number of para-hydroxylation sites is 1. The summed E-state index contributed by atoms with van der Waals surface area (Å²) in [6.45, 7) is 0. The minimum Gasteiger partial charge on any atom is -0.545 e. The summed E-state index contributed by atoms with van der Waals surface area (Å²) in [5, 5.41) is 13.4. The van der Waals surface area contributed by atoms with Crippen LogP contribution >= 0.6 is 0 Å². The number of aromatic carboxylic acids is 1. The topological polar surface area (TPSA) is 95.2 Å². The number of nitrogen functional groups attached to an aromatic ring is 1. The molecule has 0 saturated carbocycles. The summed E-state index contributed by atoms with van der Waals surface area (Å²) >= 11 is 0. The highest BCUT2D eigenvalue weighted by Gasteiger charge is 2.09. The second-order valence-electron chi connectivity index (χ2n) is 3.91. The highest BCUT2D eigenvalue weighted by Crippen LogP contribution is 2.16. The van der Waals surface area contributed by atoms with Crippen molar-refractivity contribution in [1.82, 2.24) is 0 Å². The average molecular weight is 255 g/mol. The van der Waals surface area contributed by atoms with E-state index < -0.39 is 11.9 Å². The zero-order chi connectivity index (χ0) is 13.8. The molecule has 0 aliphatic heterocycles. The highest BCUT2D eigenvalue weighted by atomic mass is 16.4. The van der Waals surface area contributed by atoms with Crippen LogP contribution in [0.2, 0.25) is 0 Å². The maximum atomic E-state index is 12.0. The number of anilines is 2. The molecule has 0 aliphatic rings. The van der Waals surface area contributed by atoms with E-state index in [0.29, 0.717) is 11.3 Å². The van der Waals surface area contributed by atoms with Gasteiger partial charge in [-0.05, 0) is 24.3 Å². The van der Waals surface area contributed by atoms with Crippen molar-refractivity contribution in [3.8, 4) is 0 Å². The van der Waals surface area contributed by atoms with Crippen molar-refractivity contribution in [2.24, 2.45) is 0 Å². The maximum absolute atomic E-state index is 12.0. The van der Waals surface area contributed by atoms with E-state index in [1.807, 2.05) is 0 Å². The van der Waals surface area contributed by atoms with Crippen LogP contribution in [-0.2, 0) is 0 Å². The molecule has 0 unspecified atom stereocenters. The van der Waals surface area contributed by atoms with Gasteiger partial charge >= 0.3 is 0 Å². The Hall–Kier alpha value is -2.82. The smallest absolute Gasteiger partial charge is 0.255 e. The predicted octanol–water partition coefficient (Wildman–Crippen LogP) is 0.885. The summed E-state index contributed by atoms with van der Waals surface area (Å²) < 4.78 is 0. The first-order valence-electron chi connectivity index (χ1n) is 5.55. The molecule has 0 heterocycles. The third kappa shape index (κ3) is 2.90. The molecule has 2 aromatic rings. The Morgan fingerprint density at radius 1 is 1.05 bits per heavy atom. The lowest BCUT2D eigenvalue weighted by Gasteiger charge is -2.11. The van der Waals surface area contributed by atoms with Crippen molar-refractivity contribution in [2.75, 3.05) is 11.1 Å². The largest absolute Gasteiger partial charge is 0.545 e. The van der Waals surface area contributed by atoms with Gasteiger partial charge in [0, 0.05) is 16.8 Å². The first kappa shape index (κ1) is 12.6. The van der Waals surface area contributed by atoms with E-state index in [1.54, 1.807) is 30.3 Å². The number of carboxylic acid groups (broad SMARTS) is 1. The number of amides is 1. The van der Waals surface area contributed by atoms with Gasteiger partial charge in [-0.1, -0.05) is 24.3 Å². The Morgan fingerprint density at radius 3 is 2.47 bits per heavy atom. The van der Waals surface area contributed by atoms with Gasteiger partial charge in [0.15, 0.2) is 0 Å². The quantitative estimate of drug-likeness (QED) is 0.796. The van der Waals surface area contributed by atoms with Gasteiger partial charge in [-0.25, -0.2) is 0 Å². The van der Waals surface area contributed by atoms with Crippen molar-refractivity contribution < 1.29 is 14.7 Å². The van der Waals surface area contributed by atoms with Crippen molar-refractivity contribution in [3.63, 3.8) is 0 Å². The molecular formula is C14H11N2O3-. The molecule has 96 valence electrons. The lowest BCUT2D eigenvalue weighted by atomic mass is 10.1. The molecular weight excluding hydrogens is 244 g/mol. The number of carbonyl (C=O) groups excluding carboxylic acids is 2. The van der Waals surface area contributed by atoms with E-state index in [4.69, 9.17) is 5.73 Å². The standard InChI is InChI=1S/C14H12N2O3/c15-10-5-3-4-9(8-10)13(17)16-12-7-2-1-6-11(12)14(18)19/h1-8H,15H2,(H,16,17)(H,18,19)/p-1. The Kier molecular flexibility index (Phi) is 3.47. The minimum atomic E-state index is -1.34. The molecule has 1 amide bonds. The van der Waals surface area contributed by atoms with Crippen LogP contribution in [0.1, 0.15) is 20.7 Å². The molecule has 2 rings (SSSR count). The van der Waals surface area contributed by atoms with E-state index in [9.17, 15) is 14.7 Å². The number of nitrogens with two attached hydrogens (primary N) is 1. The second-order valence-corrected chi connectivity index (χ2v) is 3.91. The molecule has 0 atom stereocenters. The van der Waals surface area contributed by atoms with E-state index >= 15 is 0 Å². The Labute approximate surface area is 109 Å². The van der Waals surface area contributed by atoms with Crippen molar-refractivity contribution >= 4 is 23.3 Å². The SMILES string of the molecule is Nc1cccc(C(=O)Nc2ccccc2C(=O)[O-])c1. The zero-order valence-corrected chi connectivity index (χ0v) is 9.92. The summed E-state index contributed by atoms with van der Waals surface area (Å²) in [5.41, 5.74) is 6.52. The number of carboxylic acids is 1. The summed E-state index contributed by atoms with van der Waals surface area (Å²) in [6.07, 6.45) is 0. The Morgan fingerprint density at radius 2 is 1.79 bits per heavy atom. The second kappa shape index (κ2) is 5.22. The van der Waals surface area contributed by atoms with E-state index in [0.717, 1.165) is 0 Å². The first-order valence-corrected chi connectivity index (χ1v) is 5.55. The maximum Gasteiger partial charge on any atom is 0.255 e. The molecule has 0 spiro atoms. The van der Waals surface area contributed by atoms with Crippen LogP contribution in [-0.4, -0.2) is 11.9 Å². The van der Waals surface area contributed by atoms with Crippen LogP contribution in [0.4, 0.5) is 11.4 Å². The van der Waals surface area contributed by atoms with Gasteiger partial charge in [-0.2, -0.15) is 0 Å². The summed E-state index contributed by atoms with van der Waals surface area (Å²) in [4.78, 5) is 22.9.